The topological polar surface area (TPSA) is 46.2 Å². The minimum Gasteiger partial charge on any atom is -0.215 e. The summed E-state index contributed by atoms with van der Waals surface area (Å²) in [7, 11) is -3.13. The summed E-state index contributed by atoms with van der Waals surface area (Å²) in [5, 5.41) is 0.708. The van der Waals surface area contributed by atoms with Crippen LogP contribution in [0, 0.1) is 0 Å². The first-order valence-electron chi connectivity index (χ1n) is 5.62. The normalized spacial score (nSPS) is 18.7. The first-order valence-corrected chi connectivity index (χ1v) is 7.89. The van der Waals surface area contributed by atoms with Crippen molar-refractivity contribution in [2.75, 3.05) is 12.8 Å². The van der Waals surface area contributed by atoms with Crippen molar-refractivity contribution in [1.29, 1.82) is 0 Å². The predicted molar refractivity (Wildman–Crippen MR) is 69.8 cm³/mol. The smallest absolute Gasteiger partial charge is 0.208 e. The molecule has 0 saturated heterocycles. The van der Waals surface area contributed by atoms with E-state index in [9.17, 15) is 8.42 Å². The highest BCUT2D eigenvalue weighted by atomic mass is 35.5. The lowest BCUT2D eigenvalue weighted by atomic mass is 9.64. The molecule has 0 radical (unpaired) electrons. The Morgan fingerprint density at radius 3 is 2.29 bits per heavy atom. The van der Waals surface area contributed by atoms with E-state index in [1.807, 2.05) is 24.3 Å². The zero-order chi connectivity index (χ0) is 12.5. The molecule has 0 aliphatic heterocycles. The SMILES string of the molecule is CS(=O)(=O)NCC1(c2ccc(Cl)cc2)CCC1. The van der Waals surface area contributed by atoms with Crippen LogP contribution >= 0.6 is 11.6 Å². The van der Waals surface area contributed by atoms with Gasteiger partial charge in [-0.25, -0.2) is 13.1 Å². The summed E-state index contributed by atoms with van der Waals surface area (Å²) in [6.07, 6.45) is 4.39. The third-order valence-corrected chi connectivity index (χ3v) is 4.36. The number of benzene rings is 1. The molecule has 0 unspecified atom stereocenters. The second kappa shape index (κ2) is 4.59. The van der Waals surface area contributed by atoms with E-state index in [1.165, 1.54) is 11.8 Å². The van der Waals surface area contributed by atoms with Gasteiger partial charge in [-0.05, 0) is 30.5 Å². The molecule has 1 fully saturated rings. The number of hydrogen-bond donors (Lipinski definition) is 1. The average Bonchev–Trinajstić information content (AvgIpc) is 2.17. The van der Waals surface area contributed by atoms with Crippen molar-refractivity contribution in [2.24, 2.45) is 0 Å². The zero-order valence-electron chi connectivity index (χ0n) is 9.74. The quantitative estimate of drug-likeness (QED) is 0.915. The molecule has 5 heteroatoms. The molecule has 0 spiro atoms. The molecule has 3 nitrogen and oxygen atoms in total. The average molecular weight is 274 g/mol. The van der Waals surface area contributed by atoms with Crippen LogP contribution in [0.15, 0.2) is 24.3 Å². The van der Waals surface area contributed by atoms with Crippen molar-refractivity contribution in [3.05, 3.63) is 34.9 Å². The van der Waals surface area contributed by atoms with Crippen molar-refractivity contribution < 1.29 is 8.42 Å². The fourth-order valence-corrected chi connectivity index (χ4v) is 2.91. The Kier molecular flexibility index (Phi) is 3.48. The van der Waals surface area contributed by atoms with E-state index >= 15 is 0 Å². The van der Waals surface area contributed by atoms with Crippen LogP contribution in [-0.4, -0.2) is 21.2 Å². The van der Waals surface area contributed by atoms with Gasteiger partial charge in [0.25, 0.3) is 0 Å². The lowest BCUT2D eigenvalue weighted by Gasteiger charge is -2.42. The van der Waals surface area contributed by atoms with Gasteiger partial charge in [-0.1, -0.05) is 30.2 Å². The summed E-state index contributed by atoms with van der Waals surface area (Å²) in [6.45, 7) is 0.480. The van der Waals surface area contributed by atoms with E-state index in [1.54, 1.807) is 0 Å². The highest BCUT2D eigenvalue weighted by molar-refractivity contribution is 7.88. The molecule has 0 heterocycles. The van der Waals surface area contributed by atoms with E-state index in [4.69, 9.17) is 11.6 Å². The fraction of sp³-hybridized carbons (Fsp3) is 0.500. The predicted octanol–water partition coefficient (Wildman–Crippen LogP) is 2.31. The molecule has 0 bridgehead atoms. The maximum atomic E-state index is 11.2. The lowest BCUT2D eigenvalue weighted by Crippen LogP contribution is -2.45. The molecule has 2 rings (SSSR count). The van der Waals surface area contributed by atoms with Crippen LogP contribution in [0.1, 0.15) is 24.8 Å². The first-order chi connectivity index (χ1) is 7.91. The monoisotopic (exact) mass is 273 g/mol. The molecule has 1 N–H and O–H groups in total. The molecule has 1 aliphatic rings. The molecule has 17 heavy (non-hydrogen) atoms. The van der Waals surface area contributed by atoms with Crippen molar-refractivity contribution in [3.63, 3.8) is 0 Å². The van der Waals surface area contributed by atoms with Crippen LogP contribution in [0.3, 0.4) is 0 Å². The molecular weight excluding hydrogens is 258 g/mol. The standard InChI is InChI=1S/C12H16ClNO2S/c1-17(15,16)14-9-12(7-2-8-12)10-3-5-11(13)6-4-10/h3-6,14H,2,7-9H2,1H3. The number of nitrogens with one attached hydrogen (secondary N) is 1. The van der Waals surface area contributed by atoms with Gasteiger partial charge in [-0.3, -0.25) is 0 Å². The van der Waals surface area contributed by atoms with Crippen molar-refractivity contribution >= 4 is 21.6 Å². The Morgan fingerprint density at radius 2 is 1.88 bits per heavy atom. The van der Waals surface area contributed by atoms with Gasteiger partial charge in [-0.2, -0.15) is 0 Å². The van der Waals surface area contributed by atoms with Crippen LogP contribution in [-0.2, 0) is 15.4 Å². The van der Waals surface area contributed by atoms with E-state index in [2.05, 4.69) is 4.72 Å². The molecule has 1 saturated carbocycles. The first kappa shape index (κ1) is 12.9. The number of rotatable bonds is 4. The molecule has 1 aliphatic carbocycles. The van der Waals surface area contributed by atoms with Crippen molar-refractivity contribution in [1.82, 2.24) is 4.72 Å². The summed E-state index contributed by atoms with van der Waals surface area (Å²) in [5.74, 6) is 0. The van der Waals surface area contributed by atoms with Gasteiger partial charge in [0.05, 0.1) is 6.26 Å². The van der Waals surface area contributed by atoms with Gasteiger partial charge < -0.3 is 0 Å². The summed E-state index contributed by atoms with van der Waals surface area (Å²) >= 11 is 5.86. The summed E-state index contributed by atoms with van der Waals surface area (Å²) in [5.41, 5.74) is 1.14. The molecule has 0 atom stereocenters. The highest BCUT2D eigenvalue weighted by Gasteiger charge is 2.38. The van der Waals surface area contributed by atoms with E-state index in [0.717, 1.165) is 19.3 Å². The van der Waals surface area contributed by atoms with E-state index in [0.29, 0.717) is 11.6 Å². The van der Waals surface area contributed by atoms with Crippen molar-refractivity contribution in [3.8, 4) is 0 Å². The molecule has 94 valence electrons. The largest absolute Gasteiger partial charge is 0.215 e. The zero-order valence-corrected chi connectivity index (χ0v) is 11.3. The van der Waals surface area contributed by atoms with Gasteiger partial charge in [0.2, 0.25) is 10.0 Å². The minimum absolute atomic E-state index is 0.0341. The maximum absolute atomic E-state index is 11.2. The number of hydrogen-bond acceptors (Lipinski definition) is 2. The van der Waals surface area contributed by atoms with Gasteiger partial charge in [0, 0.05) is 17.0 Å². The van der Waals surface area contributed by atoms with Crippen LogP contribution in [0.4, 0.5) is 0 Å². The molecular formula is C12H16ClNO2S. The molecule has 0 aromatic heterocycles. The Labute approximate surface area is 107 Å². The summed E-state index contributed by atoms with van der Waals surface area (Å²) in [6, 6.07) is 7.70. The third kappa shape index (κ3) is 3.00. The third-order valence-electron chi connectivity index (χ3n) is 3.44. The van der Waals surface area contributed by atoms with Gasteiger partial charge in [0.15, 0.2) is 0 Å². The number of sulfonamides is 1. The molecule has 1 aromatic carbocycles. The Morgan fingerprint density at radius 1 is 1.29 bits per heavy atom. The second-order valence-corrected chi connectivity index (χ2v) is 7.00. The highest BCUT2D eigenvalue weighted by Crippen LogP contribution is 2.43. The summed E-state index contributed by atoms with van der Waals surface area (Å²) in [4.78, 5) is 0. The summed E-state index contributed by atoms with van der Waals surface area (Å²) < 4.78 is 25.0. The van der Waals surface area contributed by atoms with Crippen LogP contribution in [0.25, 0.3) is 0 Å². The second-order valence-electron chi connectivity index (χ2n) is 4.73. The van der Waals surface area contributed by atoms with Crippen LogP contribution in [0.2, 0.25) is 5.02 Å². The maximum Gasteiger partial charge on any atom is 0.208 e. The van der Waals surface area contributed by atoms with Gasteiger partial charge in [0.1, 0.15) is 0 Å². The van der Waals surface area contributed by atoms with Crippen LogP contribution < -0.4 is 4.72 Å². The van der Waals surface area contributed by atoms with Crippen molar-refractivity contribution in [2.45, 2.75) is 24.7 Å². The Bertz CT molecular complexity index is 492. The number of halogens is 1. The molecule has 1 aromatic rings. The van der Waals surface area contributed by atoms with Crippen LogP contribution in [0.5, 0.6) is 0 Å². The minimum atomic E-state index is -3.13. The fourth-order valence-electron chi connectivity index (χ4n) is 2.24. The van der Waals surface area contributed by atoms with E-state index in [-0.39, 0.29) is 5.41 Å². The van der Waals surface area contributed by atoms with Gasteiger partial charge >= 0.3 is 0 Å². The van der Waals surface area contributed by atoms with E-state index < -0.39 is 10.0 Å². The Hall–Kier alpha value is -0.580. The Balaban J connectivity index is 2.17. The lowest BCUT2D eigenvalue weighted by molar-refractivity contribution is 0.245. The molecule has 0 amide bonds. The van der Waals surface area contributed by atoms with Gasteiger partial charge in [-0.15, -0.1) is 0 Å².